The number of nitrogens with one attached hydrogen (secondary N) is 2. The minimum absolute atomic E-state index is 0.0165. The molecule has 1 aliphatic carbocycles. The number of rotatable bonds is 6. The molecule has 25 heavy (non-hydrogen) atoms. The standard InChI is InChI=1S/C18H25N5OS/c1-22(12-14-9-16(21-20-14)17-3-2-8-25-17)18(24)19-10-13-6-7-23(11-13)15-4-5-15/h2-3,8-9,13,15H,4-7,10-12H2,1H3,(H,19,24)(H,20,21)/t13-/m0/s1. The number of aromatic amines is 1. The first kappa shape index (κ1) is 16.6. The van der Waals surface area contributed by atoms with Crippen LogP contribution in [0, 0.1) is 5.92 Å². The Kier molecular flexibility index (Phi) is 4.76. The molecule has 2 aromatic rings. The van der Waals surface area contributed by atoms with E-state index in [4.69, 9.17) is 0 Å². The molecule has 4 rings (SSSR count). The molecule has 2 aromatic heterocycles. The summed E-state index contributed by atoms with van der Waals surface area (Å²) in [6.45, 7) is 3.64. The molecule has 6 nitrogen and oxygen atoms in total. The third-order valence-electron chi connectivity index (χ3n) is 5.08. The summed E-state index contributed by atoms with van der Waals surface area (Å²) in [4.78, 5) is 17.8. The van der Waals surface area contributed by atoms with Gasteiger partial charge in [0.1, 0.15) is 5.69 Å². The Morgan fingerprint density at radius 2 is 2.36 bits per heavy atom. The number of H-pyrrole nitrogens is 1. The Bertz CT molecular complexity index is 709. The summed E-state index contributed by atoms with van der Waals surface area (Å²) < 4.78 is 0. The van der Waals surface area contributed by atoms with Crippen LogP contribution in [0.5, 0.6) is 0 Å². The van der Waals surface area contributed by atoms with Gasteiger partial charge in [-0.2, -0.15) is 5.10 Å². The van der Waals surface area contributed by atoms with Gasteiger partial charge in [-0.05, 0) is 49.2 Å². The number of urea groups is 1. The minimum atomic E-state index is -0.0165. The van der Waals surface area contributed by atoms with E-state index in [0.29, 0.717) is 12.5 Å². The average Bonchev–Trinajstić information content (AvgIpc) is 3.05. The van der Waals surface area contributed by atoms with E-state index >= 15 is 0 Å². The number of carbonyl (C=O) groups excluding carboxylic acids is 1. The Morgan fingerprint density at radius 1 is 1.48 bits per heavy atom. The number of hydrogen-bond donors (Lipinski definition) is 2. The fourth-order valence-corrected chi connectivity index (χ4v) is 4.17. The van der Waals surface area contributed by atoms with E-state index in [0.717, 1.165) is 35.4 Å². The van der Waals surface area contributed by atoms with E-state index in [2.05, 4.69) is 20.4 Å². The molecule has 0 aromatic carbocycles. The highest BCUT2D eigenvalue weighted by Crippen LogP contribution is 2.31. The fraction of sp³-hybridized carbons (Fsp3) is 0.556. The Balaban J connectivity index is 1.23. The molecule has 1 atom stereocenters. The van der Waals surface area contributed by atoms with Gasteiger partial charge >= 0.3 is 6.03 Å². The van der Waals surface area contributed by atoms with Gasteiger partial charge in [-0.15, -0.1) is 11.3 Å². The molecule has 134 valence electrons. The van der Waals surface area contributed by atoms with Gasteiger partial charge in [0.25, 0.3) is 0 Å². The molecular weight excluding hydrogens is 334 g/mol. The Labute approximate surface area is 152 Å². The molecule has 2 amide bonds. The van der Waals surface area contributed by atoms with Crippen LogP contribution in [0.3, 0.4) is 0 Å². The van der Waals surface area contributed by atoms with E-state index in [9.17, 15) is 4.79 Å². The van der Waals surface area contributed by atoms with Crippen molar-refractivity contribution < 1.29 is 4.79 Å². The predicted molar refractivity (Wildman–Crippen MR) is 99.5 cm³/mol. The molecule has 3 heterocycles. The lowest BCUT2D eigenvalue weighted by atomic mass is 10.1. The molecule has 0 spiro atoms. The molecule has 2 fully saturated rings. The van der Waals surface area contributed by atoms with E-state index in [-0.39, 0.29) is 6.03 Å². The van der Waals surface area contributed by atoms with Crippen molar-refractivity contribution in [2.75, 3.05) is 26.7 Å². The maximum Gasteiger partial charge on any atom is 0.317 e. The molecule has 0 unspecified atom stereocenters. The van der Waals surface area contributed by atoms with Crippen LogP contribution in [-0.4, -0.2) is 58.8 Å². The molecule has 0 bridgehead atoms. The van der Waals surface area contributed by atoms with Crippen molar-refractivity contribution in [1.29, 1.82) is 0 Å². The van der Waals surface area contributed by atoms with Gasteiger partial charge in [0, 0.05) is 26.2 Å². The highest BCUT2D eigenvalue weighted by molar-refractivity contribution is 7.13. The van der Waals surface area contributed by atoms with Crippen LogP contribution in [0.2, 0.25) is 0 Å². The highest BCUT2D eigenvalue weighted by Gasteiger charge is 2.34. The smallest absolute Gasteiger partial charge is 0.317 e. The van der Waals surface area contributed by atoms with Gasteiger partial charge in [-0.25, -0.2) is 4.79 Å². The number of nitrogens with zero attached hydrogens (tertiary/aromatic N) is 3. The Morgan fingerprint density at radius 3 is 3.12 bits per heavy atom. The van der Waals surface area contributed by atoms with Crippen molar-refractivity contribution in [3.8, 4) is 10.6 Å². The number of aromatic nitrogens is 2. The molecule has 1 saturated heterocycles. The number of thiophene rings is 1. The average molecular weight is 359 g/mol. The first-order chi connectivity index (χ1) is 12.2. The lowest BCUT2D eigenvalue weighted by molar-refractivity contribution is 0.204. The van der Waals surface area contributed by atoms with E-state index in [1.165, 1.54) is 25.8 Å². The molecule has 1 aliphatic heterocycles. The third kappa shape index (κ3) is 4.04. The first-order valence-electron chi connectivity index (χ1n) is 9.00. The molecule has 1 saturated carbocycles. The molecule has 7 heteroatoms. The van der Waals surface area contributed by atoms with Crippen molar-refractivity contribution in [2.45, 2.75) is 31.8 Å². The van der Waals surface area contributed by atoms with Crippen molar-refractivity contribution >= 4 is 17.4 Å². The second-order valence-electron chi connectivity index (χ2n) is 7.18. The predicted octanol–water partition coefficient (Wildman–Crippen LogP) is 2.76. The van der Waals surface area contributed by atoms with Crippen LogP contribution in [0.4, 0.5) is 4.79 Å². The number of hydrogen-bond acceptors (Lipinski definition) is 4. The molecule has 2 N–H and O–H groups in total. The van der Waals surface area contributed by atoms with Gasteiger partial charge in [0.05, 0.1) is 17.1 Å². The zero-order chi connectivity index (χ0) is 17.2. The number of likely N-dealkylation sites (tertiary alicyclic amines) is 1. The van der Waals surface area contributed by atoms with Crippen molar-refractivity contribution in [2.24, 2.45) is 5.92 Å². The zero-order valence-corrected chi connectivity index (χ0v) is 15.4. The van der Waals surface area contributed by atoms with Crippen LogP contribution in [0.25, 0.3) is 10.6 Å². The van der Waals surface area contributed by atoms with Crippen molar-refractivity contribution in [1.82, 2.24) is 25.3 Å². The topological polar surface area (TPSA) is 64.3 Å². The number of amides is 2. The lowest BCUT2D eigenvalue weighted by Gasteiger charge is -2.19. The second kappa shape index (κ2) is 7.17. The van der Waals surface area contributed by atoms with Crippen LogP contribution in [0.1, 0.15) is 25.0 Å². The van der Waals surface area contributed by atoms with E-state index in [1.807, 2.05) is 30.6 Å². The van der Waals surface area contributed by atoms with Crippen molar-refractivity contribution in [3.63, 3.8) is 0 Å². The maximum absolute atomic E-state index is 12.3. The molecule has 2 aliphatic rings. The Hall–Kier alpha value is -1.86. The van der Waals surface area contributed by atoms with E-state index < -0.39 is 0 Å². The zero-order valence-electron chi connectivity index (χ0n) is 14.6. The largest absolute Gasteiger partial charge is 0.338 e. The summed E-state index contributed by atoms with van der Waals surface area (Å²) in [5.41, 5.74) is 1.88. The van der Waals surface area contributed by atoms with Crippen LogP contribution < -0.4 is 5.32 Å². The fourth-order valence-electron chi connectivity index (χ4n) is 3.49. The van der Waals surface area contributed by atoms with Gasteiger partial charge in [0.2, 0.25) is 0 Å². The normalized spacial score (nSPS) is 20.8. The third-order valence-corrected chi connectivity index (χ3v) is 5.97. The summed E-state index contributed by atoms with van der Waals surface area (Å²) >= 11 is 1.66. The van der Waals surface area contributed by atoms with Gasteiger partial charge in [-0.3, -0.25) is 5.10 Å². The summed E-state index contributed by atoms with van der Waals surface area (Å²) in [7, 11) is 1.83. The summed E-state index contributed by atoms with van der Waals surface area (Å²) in [5.74, 6) is 0.593. The SMILES string of the molecule is CN(Cc1cc(-c2cccs2)n[nH]1)C(=O)NC[C@@H]1CCN(C2CC2)C1. The van der Waals surface area contributed by atoms with E-state index in [1.54, 1.807) is 16.2 Å². The van der Waals surface area contributed by atoms with Crippen LogP contribution in [-0.2, 0) is 6.54 Å². The summed E-state index contributed by atoms with van der Waals surface area (Å²) in [5, 5.41) is 12.5. The monoisotopic (exact) mass is 359 g/mol. The van der Waals surface area contributed by atoms with Gasteiger partial charge in [-0.1, -0.05) is 6.07 Å². The number of carbonyl (C=O) groups is 1. The molecule has 0 radical (unpaired) electrons. The molecular formula is C18H25N5OS. The lowest BCUT2D eigenvalue weighted by Crippen LogP contribution is -2.39. The maximum atomic E-state index is 12.3. The summed E-state index contributed by atoms with van der Waals surface area (Å²) in [6.07, 6.45) is 3.92. The van der Waals surface area contributed by atoms with Gasteiger partial charge < -0.3 is 15.1 Å². The minimum Gasteiger partial charge on any atom is -0.338 e. The van der Waals surface area contributed by atoms with Gasteiger partial charge in [0.15, 0.2) is 0 Å². The van der Waals surface area contributed by atoms with Crippen LogP contribution >= 0.6 is 11.3 Å². The van der Waals surface area contributed by atoms with Crippen molar-refractivity contribution in [3.05, 3.63) is 29.3 Å². The quantitative estimate of drug-likeness (QED) is 0.834. The second-order valence-corrected chi connectivity index (χ2v) is 8.13. The first-order valence-corrected chi connectivity index (χ1v) is 9.88. The highest BCUT2D eigenvalue weighted by atomic mass is 32.1. The summed E-state index contributed by atoms with van der Waals surface area (Å²) in [6, 6.07) is 6.90. The van der Waals surface area contributed by atoms with Crippen LogP contribution in [0.15, 0.2) is 23.6 Å².